The predicted molar refractivity (Wildman–Crippen MR) is 137 cm³/mol. The van der Waals surface area contributed by atoms with Crippen molar-refractivity contribution in [1.82, 2.24) is 24.1 Å². The molecule has 1 saturated carbocycles. The normalized spacial score (nSPS) is 14.4. The molecule has 3 heterocycles. The van der Waals surface area contributed by atoms with Crippen LogP contribution in [0, 0.1) is 6.92 Å². The summed E-state index contributed by atoms with van der Waals surface area (Å²) in [6, 6.07) is 8.39. The van der Waals surface area contributed by atoms with Crippen LogP contribution >= 0.6 is 11.8 Å². The lowest BCUT2D eigenvalue weighted by Gasteiger charge is -2.26. The van der Waals surface area contributed by atoms with E-state index in [1.165, 1.54) is 24.8 Å². The minimum atomic E-state index is 0.360. The van der Waals surface area contributed by atoms with E-state index in [9.17, 15) is 0 Å². The molecule has 184 valence electrons. The fraction of sp³-hybridized carbons (Fsp3) is 0.423. The molecular weight excluding hydrogens is 462 g/mol. The number of rotatable bonds is 8. The van der Waals surface area contributed by atoms with Crippen LogP contribution in [0.2, 0.25) is 0 Å². The Kier molecular flexibility index (Phi) is 6.86. The number of benzene rings is 1. The topological polar surface area (TPSA) is 75.7 Å². The molecule has 0 N–H and O–H groups in total. The predicted octanol–water partition coefficient (Wildman–Crippen LogP) is 5.72. The van der Waals surface area contributed by atoms with Crippen LogP contribution in [0.3, 0.4) is 0 Å². The summed E-state index contributed by atoms with van der Waals surface area (Å²) in [7, 11) is 4.87. The quantitative estimate of drug-likeness (QED) is 0.290. The van der Waals surface area contributed by atoms with Gasteiger partial charge in [0.15, 0.2) is 22.5 Å². The summed E-state index contributed by atoms with van der Waals surface area (Å²) in [6.45, 7) is 2.09. The third-order valence-corrected chi connectivity index (χ3v) is 7.58. The van der Waals surface area contributed by atoms with Crippen LogP contribution in [0.25, 0.3) is 17.0 Å². The van der Waals surface area contributed by atoms with Crippen molar-refractivity contribution < 1.29 is 14.2 Å². The third-order valence-electron chi connectivity index (χ3n) is 6.60. The molecule has 0 aliphatic heterocycles. The number of methoxy groups -OCH3 is 3. The molecular formula is C26H31N5O3S. The number of aromatic nitrogens is 5. The van der Waals surface area contributed by atoms with E-state index < -0.39 is 0 Å². The lowest BCUT2D eigenvalue weighted by molar-refractivity contribution is 0.324. The van der Waals surface area contributed by atoms with Crippen molar-refractivity contribution in [2.75, 3.05) is 21.3 Å². The van der Waals surface area contributed by atoms with Gasteiger partial charge in [-0.25, -0.2) is 4.98 Å². The second-order valence-corrected chi connectivity index (χ2v) is 9.77. The van der Waals surface area contributed by atoms with Crippen molar-refractivity contribution >= 4 is 17.4 Å². The highest BCUT2D eigenvalue weighted by atomic mass is 32.2. The van der Waals surface area contributed by atoms with E-state index in [1.54, 1.807) is 33.1 Å². The number of imidazole rings is 1. The Balaban J connectivity index is 1.52. The smallest absolute Gasteiger partial charge is 0.203 e. The second-order valence-electron chi connectivity index (χ2n) is 8.83. The van der Waals surface area contributed by atoms with E-state index in [1.807, 2.05) is 24.4 Å². The van der Waals surface area contributed by atoms with Gasteiger partial charge >= 0.3 is 0 Å². The van der Waals surface area contributed by atoms with Crippen LogP contribution in [-0.4, -0.2) is 45.5 Å². The van der Waals surface area contributed by atoms with Crippen LogP contribution < -0.4 is 14.2 Å². The first-order valence-corrected chi connectivity index (χ1v) is 12.9. The van der Waals surface area contributed by atoms with E-state index in [0.717, 1.165) is 46.5 Å². The number of ether oxygens (including phenoxy) is 3. The molecule has 3 aromatic heterocycles. The van der Waals surface area contributed by atoms with Gasteiger partial charge in [-0.2, -0.15) is 0 Å². The first-order chi connectivity index (χ1) is 17.1. The molecule has 8 nitrogen and oxygen atoms in total. The fourth-order valence-corrected chi connectivity index (χ4v) is 5.75. The van der Waals surface area contributed by atoms with Gasteiger partial charge in [0.05, 0.1) is 27.0 Å². The van der Waals surface area contributed by atoms with Gasteiger partial charge < -0.3 is 18.6 Å². The van der Waals surface area contributed by atoms with E-state index in [2.05, 4.69) is 38.4 Å². The molecule has 1 fully saturated rings. The summed E-state index contributed by atoms with van der Waals surface area (Å²) in [5, 5.41) is 10.2. The van der Waals surface area contributed by atoms with Gasteiger partial charge in [0.25, 0.3) is 0 Å². The maximum Gasteiger partial charge on any atom is 0.203 e. The summed E-state index contributed by atoms with van der Waals surface area (Å²) >= 11 is 1.68. The van der Waals surface area contributed by atoms with Crippen molar-refractivity contribution in [3.63, 3.8) is 0 Å². The van der Waals surface area contributed by atoms with E-state index in [4.69, 9.17) is 19.2 Å². The number of nitrogens with zero attached hydrogens (tertiary/aromatic N) is 5. The van der Waals surface area contributed by atoms with Crippen molar-refractivity contribution in [3.8, 4) is 28.6 Å². The monoisotopic (exact) mass is 493 g/mol. The van der Waals surface area contributed by atoms with Crippen LogP contribution in [-0.2, 0) is 5.75 Å². The minimum absolute atomic E-state index is 0.360. The Morgan fingerprint density at radius 3 is 2.40 bits per heavy atom. The zero-order valence-corrected chi connectivity index (χ0v) is 21.5. The maximum atomic E-state index is 5.60. The van der Waals surface area contributed by atoms with Gasteiger partial charge in [0.2, 0.25) is 5.75 Å². The van der Waals surface area contributed by atoms with Gasteiger partial charge in [-0.3, -0.25) is 4.57 Å². The van der Waals surface area contributed by atoms with Crippen LogP contribution in [0.4, 0.5) is 0 Å². The first kappa shape index (κ1) is 23.5. The number of thioether (sulfide) groups is 1. The highest BCUT2D eigenvalue weighted by molar-refractivity contribution is 7.98. The summed E-state index contributed by atoms with van der Waals surface area (Å²) in [6.07, 6.45) is 10.1. The van der Waals surface area contributed by atoms with Gasteiger partial charge in [0, 0.05) is 29.8 Å². The van der Waals surface area contributed by atoms with Gasteiger partial charge in [0.1, 0.15) is 5.65 Å². The van der Waals surface area contributed by atoms with Crippen molar-refractivity contribution in [2.24, 2.45) is 0 Å². The molecule has 0 radical (unpaired) electrons. The van der Waals surface area contributed by atoms with E-state index in [-0.39, 0.29) is 0 Å². The minimum Gasteiger partial charge on any atom is -0.493 e. The third kappa shape index (κ3) is 4.57. The number of aryl methyl sites for hydroxylation is 1. The average Bonchev–Trinajstić information content (AvgIpc) is 3.52. The summed E-state index contributed by atoms with van der Waals surface area (Å²) in [5.41, 5.74) is 4.08. The van der Waals surface area contributed by atoms with Crippen LogP contribution in [0.1, 0.15) is 49.4 Å². The molecule has 9 heteroatoms. The Morgan fingerprint density at radius 2 is 1.74 bits per heavy atom. The lowest BCUT2D eigenvalue weighted by atomic mass is 9.95. The number of fused-ring (bicyclic) bond motifs is 1. The second kappa shape index (κ2) is 10.2. The van der Waals surface area contributed by atoms with E-state index in [0.29, 0.717) is 23.3 Å². The number of hydrogen-bond acceptors (Lipinski definition) is 7. The molecule has 0 unspecified atom stereocenters. The van der Waals surface area contributed by atoms with E-state index >= 15 is 0 Å². The Morgan fingerprint density at radius 1 is 1.00 bits per heavy atom. The average molecular weight is 494 g/mol. The van der Waals surface area contributed by atoms with Gasteiger partial charge in [-0.15, -0.1) is 10.2 Å². The molecule has 0 spiro atoms. The Hall–Kier alpha value is -3.20. The van der Waals surface area contributed by atoms with Crippen LogP contribution in [0.15, 0.2) is 41.8 Å². The van der Waals surface area contributed by atoms with Crippen molar-refractivity contribution in [2.45, 2.75) is 56.0 Å². The molecule has 35 heavy (non-hydrogen) atoms. The zero-order valence-electron chi connectivity index (χ0n) is 20.7. The lowest BCUT2D eigenvalue weighted by Crippen LogP contribution is -2.15. The van der Waals surface area contributed by atoms with Crippen molar-refractivity contribution in [1.29, 1.82) is 0 Å². The highest BCUT2D eigenvalue weighted by Crippen LogP contribution is 2.43. The molecule has 1 aromatic carbocycles. The first-order valence-electron chi connectivity index (χ1n) is 11.9. The zero-order chi connectivity index (χ0) is 24.4. The Bertz CT molecular complexity index is 1300. The molecule has 0 atom stereocenters. The molecule has 5 rings (SSSR count). The summed E-state index contributed by atoms with van der Waals surface area (Å²) in [5.74, 6) is 3.33. The molecule has 0 amide bonds. The van der Waals surface area contributed by atoms with Crippen LogP contribution in [0.5, 0.6) is 17.2 Å². The molecule has 1 aliphatic rings. The Labute approximate surface area is 209 Å². The molecule has 0 bridgehead atoms. The fourth-order valence-electron chi connectivity index (χ4n) is 4.86. The van der Waals surface area contributed by atoms with Gasteiger partial charge in [-0.1, -0.05) is 37.1 Å². The molecule has 4 aromatic rings. The largest absolute Gasteiger partial charge is 0.493 e. The highest BCUT2D eigenvalue weighted by Gasteiger charge is 2.26. The SMILES string of the molecule is COc1cc(-c2nnc(SCc3cn4cccc(C)c4n3)n2C2CCCCC2)cc(OC)c1OC. The summed E-state index contributed by atoms with van der Waals surface area (Å²) < 4.78 is 21.1. The molecule has 1 aliphatic carbocycles. The standard InChI is InChI=1S/C26H31N5O3S/c1-17-9-8-12-30-15-19(27-24(17)30)16-35-26-29-28-25(31(26)20-10-6-5-7-11-20)18-13-21(32-2)23(34-4)22(14-18)33-3/h8-9,12-15,20H,5-7,10-11,16H2,1-4H3. The summed E-state index contributed by atoms with van der Waals surface area (Å²) in [4.78, 5) is 4.84. The van der Waals surface area contributed by atoms with Gasteiger partial charge in [-0.05, 0) is 43.5 Å². The number of pyridine rings is 1. The van der Waals surface area contributed by atoms with Crippen molar-refractivity contribution in [3.05, 3.63) is 47.9 Å². The number of hydrogen-bond donors (Lipinski definition) is 0. The maximum absolute atomic E-state index is 5.60. The molecule has 0 saturated heterocycles.